The fourth-order valence-electron chi connectivity index (χ4n) is 3.01. The lowest BCUT2D eigenvalue weighted by atomic mass is 10.1. The molecule has 146 valence electrons. The summed E-state index contributed by atoms with van der Waals surface area (Å²) in [4.78, 5) is 19.3. The number of hydrogen-bond donors (Lipinski definition) is 0. The molecule has 1 aromatic carbocycles. The van der Waals surface area contributed by atoms with Crippen LogP contribution in [0.25, 0.3) is 10.7 Å². The van der Waals surface area contributed by atoms with Gasteiger partial charge in [0.15, 0.2) is 0 Å². The maximum Gasteiger partial charge on any atom is 0.471 e. The van der Waals surface area contributed by atoms with Gasteiger partial charge in [-0.3, -0.25) is 4.79 Å². The van der Waals surface area contributed by atoms with Gasteiger partial charge in [-0.25, -0.2) is 0 Å². The molecule has 4 rings (SSSR count). The number of nitrogens with zero attached hydrogens (tertiary/aromatic N) is 3. The second kappa shape index (κ2) is 7.21. The number of alkyl halides is 3. The molecule has 0 spiro atoms. The number of carbonyl (C=O) groups is 1. The predicted octanol–water partition coefficient (Wildman–Crippen LogP) is 4.60. The third-order valence-corrected chi connectivity index (χ3v) is 6.01. The molecule has 0 unspecified atom stereocenters. The second-order valence-electron chi connectivity index (χ2n) is 6.31. The average Bonchev–Trinajstić information content (AvgIpc) is 3.29. The van der Waals surface area contributed by atoms with E-state index in [0.29, 0.717) is 29.4 Å². The summed E-state index contributed by atoms with van der Waals surface area (Å²) in [6, 6.07) is 8.91. The molecule has 0 aliphatic carbocycles. The lowest BCUT2D eigenvalue weighted by molar-refractivity contribution is -0.159. The van der Waals surface area contributed by atoms with E-state index in [0.717, 1.165) is 16.0 Å². The molecule has 0 saturated heterocycles. The number of benzene rings is 1. The lowest BCUT2D eigenvalue weighted by Gasteiger charge is -2.27. The van der Waals surface area contributed by atoms with Gasteiger partial charge in [0, 0.05) is 23.0 Å². The molecule has 0 radical (unpaired) electrons. The SMILES string of the molecule is O=C(Cc1ccccc1Cl)N1CCc2sc(-c3noc(C(F)(F)F)n3)cc2C1. The molecule has 0 atom stereocenters. The Hall–Kier alpha value is -2.39. The summed E-state index contributed by atoms with van der Waals surface area (Å²) in [5.74, 6) is -1.52. The molecule has 1 aliphatic rings. The molecule has 3 aromatic rings. The van der Waals surface area contributed by atoms with Crippen molar-refractivity contribution in [1.29, 1.82) is 0 Å². The minimum Gasteiger partial charge on any atom is -0.338 e. The fourth-order valence-corrected chi connectivity index (χ4v) is 4.30. The molecule has 10 heteroatoms. The van der Waals surface area contributed by atoms with Crippen molar-refractivity contribution in [3.63, 3.8) is 0 Å². The van der Waals surface area contributed by atoms with Crippen LogP contribution in [0.5, 0.6) is 0 Å². The number of carbonyl (C=O) groups excluding carboxylic acids is 1. The molecule has 1 amide bonds. The zero-order chi connectivity index (χ0) is 19.9. The maximum absolute atomic E-state index is 12.6. The highest BCUT2D eigenvalue weighted by Gasteiger charge is 2.38. The van der Waals surface area contributed by atoms with E-state index in [2.05, 4.69) is 14.7 Å². The van der Waals surface area contributed by atoms with Crippen LogP contribution in [0, 0.1) is 0 Å². The van der Waals surface area contributed by atoms with Gasteiger partial charge < -0.3 is 9.42 Å². The Kier molecular flexibility index (Phi) is 4.88. The van der Waals surface area contributed by atoms with E-state index in [1.807, 2.05) is 12.1 Å². The molecule has 0 bridgehead atoms. The van der Waals surface area contributed by atoms with Gasteiger partial charge in [-0.1, -0.05) is 35.0 Å². The summed E-state index contributed by atoms with van der Waals surface area (Å²) in [5, 5.41) is 3.97. The van der Waals surface area contributed by atoms with Gasteiger partial charge in [-0.2, -0.15) is 18.2 Å². The van der Waals surface area contributed by atoms with E-state index in [9.17, 15) is 18.0 Å². The van der Waals surface area contributed by atoms with E-state index in [1.165, 1.54) is 11.3 Å². The Bertz CT molecular complexity index is 1030. The Morgan fingerprint density at radius 3 is 2.82 bits per heavy atom. The largest absolute Gasteiger partial charge is 0.471 e. The molecular formula is C18H13ClF3N3O2S. The Morgan fingerprint density at radius 2 is 2.11 bits per heavy atom. The summed E-state index contributed by atoms with van der Waals surface area (Å²) in [5.41, 5.74) is 1.65. The van der Waals surface area contributed by atoms with Crippen LogP contribution in [0.2, 0.25) is 5.02 Å². The van der Waals surface area contributed by atoms with Crippen molar-refractivity contribution in [3.8, 4) is 10.7 Å². The number of amides is 1. The first-order chi connectivity index (χ1) is 13.3. The first-order valence-corrected chi connectivity index (χ1v) is 9.55. The number of hydrogen-bond acceptors (Lipinski definition) is 5. The predicted molar refractivity (Wildman–Crippen MR) is 96.9 cm³/mol. The summed E-state index contributed by atoms with van der Waals surface area (Å²) >= 11 is 7.44. The van der Waals surface area contributed by atoms with Crippen molar-refractivity contribution in [2.75, 3.05) is 6.54 Å². The van der Waals surface area contributed by atoms with Gasteiger partial charge in [-0.05, 0) is 29.7 Å². The molecule has 1 aliphatic heterocycles. The molecule has 3 heterocycles. The summed E-state index contributed by atoms with van der Waals surface area (Å²) < 4.78 is 42.2. The molecular weight excluding hydrogens is 415 g/mol. The zero-order valence-electron chi connectivity index (χ0n) is 14.3. The quantitative estimate of drug-likeness (QED) is 0.613. The molecule has 0 N–H and O–H groups in total. The number of thiophene rings is 1. The number of aromatic nitrogens is 2. The van der Waals surface area contributed by atoms with Gasteiger partial charge in [0.25, 0.3) is 0 Å². The molecule has 28 heavy (non-hydrogen) atoms. The summed E-state index contributed by atoms with van der Waals surface area (Å²) in [6.07, 6.45) is -3.85. The van der Waals surface area contributed by atoms with Gasteiger partial charge in [0.05, 0.1) is 11.3 Å². The smallest absolute Gasteiger partial charge is 0.338 e. The van der Waals surface area contributed by atoms with E-state index in [-0.39, 0.29) is 18.2 Å². The van der Waals surface area contributed by atoms with E-state index < -0.39 is 12.1 Å². The van der Waals surface area contributed by atoms with Crippen LogP contribution < -0.4 is 0 Å². The number of halogens is 4. The van der Waals surface area contributed by atoms with Crippen molar-refractivity contribution in [3.05, 3.63) is 57.2 Å². The second-order valence-corrected chi connectivity index (χ2v) is 7.86. The molecule has 0 fully saturated rings. The van der Waals surface area contributed by atoms with Gasteiger partial charge in [0.1, 0.15) is 0 Å². The Morgan fingerprint density at radius 1 is 1.32 bits per heavy atom. The van der Waals surface area contributed by atoms with Crippen LogP contribution >= 0.6 is 22.9 Å². The third kappa shape index (κ3) is 3.77. The van der Waals surface area contributed by atoms with Gasteiger partial charge in [-0.15, -0.1) is 11.3 Å². The zero-order valence-corrected chi connectivity index (χ0v) is 15.9. The van der Waals surface area contributed by atoms with Crippen LogP contribution in [-0.4, -0.2) is 27.5 Å². The van der Waals surface area contributed by atoms with Crippen LogP contribution in [0.4, 0.5) is 13.2 Å². The fraction of sp³-hybridized carbons (Fsp3) is 0.278. The van der Waals surface area contributed by atoms with Crippen molar-refractivity contribution >= 4 is 28.8 Å². The number of rotatable bonds is 3. The minimum absolute atomic E-state index is 0.0505. The Balaban J connectivity index is 1.49. The first-order valence-electron chi connectivity index (χ1n) is 8.35. The normalized spacial score (nSPS) is 14.2. The van der Waals surface area contributed by atoms with Crippen molar-refractivity contribution in [2.24, 2.45) is 0 Å². The first kappa shape index (κ1) is 18.9. The average molecular weight is 428 g/mol. The minimum atomic E-state index is -4.68. The van der Waals surface area contributed by atoms with Crippen LogP contribution in [0.15, 0.2) is 34.9 Å². The topological polar surface area (TPSA) is 59.2 Å². The van der Waals surface area contributed by atoms with Gasteiger partial charge >= 0.3 is 12.1 Å². The van der Waals surface area contributed by atoms with E-state index >= 15 is 0 Å². The number of fused-ring (bicyclic) bond motifs is 1. The highest BCUT2D eigenvalue weighted by molar-refractivity contribution is 7.15. The lowest BCUT2D eigenvalue weighted by Crippen LogP contribution is -2.36. The van der Waals surface area contributed by atoms with Crippen molar-refractivity contribution in [2.45, 2.75) is 25.6 Å². The summed E-state index contributed by atoms with van der Waals surface area (Å²) in [6.45, 7) is 0.926. The monoisotopic (exact) mass is 427 g/mol. The maximum atomic E-state index is 12.6. The molecule has 5 nitrogen and oxygen atoms in total. The van der Waals surface area contributed by atoms with Crippen molar-refractivity contribution in [1.82, 2.24) is 15.0 Å². The molecule has 0 saturated carbocycles. The highest BCUT2D eigenvalue weighted by Crippen LogP contribution is 2.35. The standard InChI is InChI=1S/C18H13ClF3N3O2S/c19-12-4-2-1-3-10(12)8-15(26)25-6-5-13-11(9-25)7-14(28-13)16-23-17(27-24-16)18(20,21)22/h1-4,7H,5-6,8-9H2. The van der Waals surface area contributed by atoms with Gasteiger partial charge in [0.2, 0.25) is 11.7 Å². The van der Waals surface area contributed by atoms with Crippen LogP contribution in [-0.2, 0) is 30.4 Å². The van der Waals surface area contributed by atoms with E-state index in [1.54, 1.807) is 23.1 Å². The van der Waals surface area contributed by atoms with Crippen LogP contribution in [0.3, 0.4) is 0 Å². The summed E-state index contributed by atoms with van der Waals surface area (Å²) in [7, 11) is 0. The third-order valence-electron chi connectivity index (χ3n) is 4.41. The van der Waals surface area contributed by atoms with Crippen molar-refractivity contribution < 1.29 is 22.5 Å². The van der Waals surface area contributed by atoms with Crippen LogP contribution in [0.1, 0.15) is 21.9 Å². The Labute approximate surface area is 166 Å². The highest BCUT2D eigenvalue weighted by atomic mass is 35.5. The molecule has 2 aromatic heterocycles. The van der Waals surface area contributed by atoms with E-state index in [4.69, 9.17) is 11.6 Å².